The van der Waals surface area contributed by atoms with Crippen molar-refractivity contribution in [2.45, 2.75) is 37.8 Å². The standard InChI is InChI=1S/C16H21N3O2.ClH/c20-15(13-8-4-10-17-13)18-14-9-5-11-19(16(14)21)12-6-2-1-3-7-12;/h1-3,6-7,13-14,17H,4-5,8-11H2,(H,18,20);1H. The molecule has 2 unspecified atom stereocenters. The lowest BCUT2D eigenvalue weighted by Gasteiger charge is -2.33. The first kappa shape index (κ1) is 16.8. The molecule has 1 aromatic rings. The fourth-order valence-corrected chi connectivity index (χ4v) is 3.05. The third-order valence-corrected chi connectivity index (χ3v) is 4.20. The van der Waals surface area contributed by atoms with Gasteiger partial charge in [0.1, 0.15) is 6.04 Å². The molecule has 1 aromatic carbocycles. The van der Waals surface area contributed by atoms with Crippen molar-refractivity contribution in [1.29, 1.82) is 0 Å². The molecule has 2 saturated heterocycles. The van der Waals surface area contributed by atoms with Gasteiger partial charge in [0, 0.05) is 12.2 Å². The Morgan fingerprint density at radius 3 is 2.64 bits per heavy atom. The Morgan fingerprint density at radius 2 is 1.95 bits per heavy atom. The van der Waals surface area contributed by atoms with Gasteiger partial charge in [-0.2, -0.15) is 0 Å². The Kier molecular flexibility index (Phi) is 5.80. The van der Waals surface area contributed by atoms with E-state index in [1.807, 2.05) is 30.3 Å². The minimum Gasteiger partial charge on any atom is -0.343 e. The van der Waals surface area contributed by atoms with Gasteiger partial charge in [0.05, 0.1) is 6.04 Å². The van der Waals surface area contributed by atoms with Crippen LogP contribution in [0.3, 0.4) is 0 Å². The average molecular weight is 324 g/mol. The molecule has 0 saturated carbocycles. The highest BCUT2D eigenvalue weighted by Crippen LogP contribution is 2.21. The number of amides is 2. The van der Waals surface area contributed by atoms with Crippen molar-refractivity contribution in [2.75, 3.05) is 18.0 Å². The van der Waals surface area contributed by atoms with Crippen LogP contribution >= 0.6 is 12.4 Å². The van der Waals surface area contributed by atoms with Crippen molar-refractivity contribution in [2.24, 2.45) is 0 Å². The number of hydrogen-bond acceptors (Lipinski definition) is 3. The van der Waals surface area contributed by atoms with E-state index in [-0.39, 0.29) is 30.3 Å². The highest BCUT2D eigenvalue weighted by Gasteiger charge is 2.32. The minimum atomic E-state index is -0.395. The number of halogens is 1. The second-order valence-corrected chi connectivity index (χ2v) is 5.68. The van der Waals surface area contributed by atoms with Crippen molar-refractivity contribution in [1.82, 2.24) is 10.6 Å². The number of piperidine rings is 1. The zero-order valence-electron chi connectivity index (χ0n) is 12.5. The van der Waals surface area contributed by atoms with Crippen molar-refractivity contribution >= 4 is 29.9 Å². The summed E-state index contributed by atoms with van der Waals surface area (Å²) in [4.78, 5) is 26.5. The van der Waals surface area contributed by atoms with E-state index in [0.29, 0.717) is 0 Å². The van der Waals surface area contributed by atoms with E-state index in [4.69, 9.17) is 0 Å². The Bertz CT molecular complexity index is 517. The summed E-state index contributed by atoms with van der Waals surface area (Å²) >= 11 is 0. The van der Waals surface area contributed by atoms with Crippen LogP contribution in [-0.4, -0.2) is 37.0 Å². The number of rotatable bonds is 3. The molecule has 2 N–H and O–H groups in total. The van der Waals surface area contributed by atoms with Gasteiger partial charge in [-0.05, 0) is 44.4 Å². The first-order chi connectivity index (χ1) is 10.3. The zero-order valence-corrected chi connectivity index (χ0v) is 13.3. The quantitative estimate of drug-likeness (QED) is 0.885. The normalized spacial score (nSPS) is 24.7. The third kappa shape index (κ3) is 3.59. The Labute approximate surface area is 136 Å². The summed E-state index contributed by atoms with van der Waals surface area (Å²) in [5, 5.41) is 6.08. The summed E-state index contributed by atoms with van der Waals surface area (Å²) < 4.78 is 0. The molecule has 2 amide bonds. The van der Waals surface area contributed by atoms with Gasteiger partial charge >= 0.3 is 0 Å². The lowest BCUT2D eigenvalue weighted by atomic mass is 10.0. The maximum absolute atomic E-state index is 12.6. The topological polar surface area (TPSA) is 61.4 Å². The number of hydrogen-bond donors (Lipinski definition) is 2. The van der Waals surface area contributed by atoms with Crippen LogP contribution in [0.25, 0.3) is 0 Å². The van der Waals surface area contributed by atoms with Crippen LogP contribution in [0.4, 0.5) is 5.69 Å². The lowest BCUT2D eigenvalue weighted by Crippen LogP contribution is -2.55. The fourth-order valence-electron chi connectivity index (χ4n) is 3.05. The Hall–Kier alpha value is -1.59. The van der Waals surface area contributed by atoms with Crippen LogP contribution < -0.4 is 15.5 Å². The molecule has 2 fully saturated rings. The predicted octanol–water partition coefficient (Wildman–Crippen LogP) is 1.47. The van der Waals surface area contributed by atoms with Gasteiger partial charge in [-0.1, -0.05) is 18.2 Å². The molecule has 0 radical (unpaired) electrons. The molecule has 2 atom stereocenters. The van der Waals surface area contributed by atoms with E-state index in [0.717, 1.165) is 44.5 Å². The van der Waals surface area contributed by atoms with Crippen LogP contribution in [0, 0.1) is 0 Å². The Balaban J connectivity index is 0.00000176. The smallest absolute Gasteiger partial charge is 0.249 e. The molecule has 120 valence electrons. The Morgan fingerprint density at radius 1 is 1.18 bits per heavy atom. The first-order valence-corrected chi connectivity index (χ1v) is 7.66. The van der Waals surface area contributed by atoms with Crippen LogP contribution in [0.15, 0.2) is 30.3 Å². The van der Waals surface area contributed by atoms with E-state index in [9.17, 15) is 9.59 Å². The molecular formula is C16H22ClN3O2. The van der Waals surface area contributed by atoms with E-state index in [1.165, 1.54) is 0 Å². The molecule has 0 spiro atoms. The van der Waals surface area contributed by atoms with Crippen molar-refractivity contribution < 1.29 is 9.59 Å². The van der Waals surface area contributed by atoms with Crippen LogP contribution in [0.5, 0.6) is 0 Å². The van der Waals surface area contributed by atoms with Crippen LogP contribution in [0.2, 0.25) is 0 Å². The van der Waals surface area contributed by atoms with Crippen molar-refractivity contribution in [3.8, 4) is 0 Å². The summed E-state index contributed by atoms with van der Waals surface area (Å²) in [5.74, 6) is -0.0421. The molecule has 6 heteroatoms. The molecule has 22 heavy (non-hydrogen) atoms. The molecule has 2 aliphatic heterocycles. The van der Waals surface area contributed by atoms with E-state index in [1.54, 1.807) is 4.90 Å². The number of benzene rings is 1. The van der Waals surface area contributed by atoms with Gasteiger partial charge < -0.3 is 15.5 Å². The summed E-state index contributed by atoms with van der Waals surface area (Å²) in [6, 6.07) is 9.11. The number of carbonyl (C=O) groups is 2. The minimum absolute atomic E-state index is 0. The SMILES string of the molecule is Cl.O=C(NC1CCCN(c2ccccc2)C1=O)C1CCCN1. The van der Waals surface area contributed by atoms with E-state index >= 15 is 0 Å². The lowest BCUT2D eigenvalue weighted by molar-refractivity contribution is -0.129. The molecule has 0 aliphatic carbocycles. The number of nitrogens with one attached hydrogen (secondary N) is 2. The second-order valence-electron chi connectivity index (χ2n) is 5.68. The average Bonchev–Trinajstić information content (AvgIpc) is 3.05. The molecule has 2 aliphatic rings. The molecule has 5 nitrogen and oxygen atoms in total. The molecule has 3 rings (SSSR count). The third-order valence-electron chi connectivity index (χ3n) is 4.20. The molecular weight excluding hydrogens is 302 g/mol. The highest BCUT2D eigenvalue weighted by atomic mass is 35.5. The van der Waals surface area contributed by atoms with Gasteiger partial charge in [-0.3, -0.25) is 9.59 Å². The number of para-hydroxylation sites is 1. The summed E-state index contributed by atoms with van der Waals surface area (Å²) in [5.41, 5.74) is 0.903. The largest absolute Gasteiger partial charge is 0.343 e. The predicted molar refractivity (Wildman–Crippen MR) is 88.2 cm³/mol. The maximum Gasteiger partial charge on any atom is 0.249 e. The van der Waals surface area contributed by atoms with Crippen LogP contribution in [0.1, 0.15) is 25.7 Å². The molecule has 2 heterocycles. The van der Waals surface area contributed by atoms with Gasteiger partial charge in [-0.15, -0.1) is 12.4 Å². The fraction of sp³-hybridized carbons (Fsp3) is 0.500. The van der Waals surface area contributed by atoms with Crippen molar-refractivity contribution in [3.63, 3.8) is 0 Å². The van der Waals surface area contributed by atoms with E-state index < -0.39 is 6.04 Å². The summed E-state index contributed by atoms with van der Waals surface area (Å²) in [6.07, 6.45) is 3.51. The molecule has 0 bridgehead atoms. The first-order valence-electron chi connectivity index (χ1n) is 7.66. The van der Waals surface area contributed by atoms with E-state index in [2.05, 4.69) is 10.6 Å². The van der Waals surface area contributed by atoms with Gasteiger partial charge in [0.25, 0.3) is 0 Å². The summed E-state index contributed by atoms with van der Waals surface area (Å²) in [6.45, 7) is 1.60. The number of anilines is 1. The van der Waals surface area contributed by atoms with Crippen LogP contribution in [-0.2, 0) is 9.59 Å². The van der Waals surface area contributed by atoms with Crippen molar-refractivity contribution in [3.05, 3.63) is 30.3 Å². The highest BCUT2D eigenvalue weighted by molar-refractivity contribution is 6.00. The maximum atomic E-state index is 12.6. The molecule has 0 aromatic heterocycles. The zero-order chi connectivity index (χ0) is 14.7. The number of carbonyl (C=O) groups excluding carboxylic acids is 2. The van der Waals surface area contributed by atoms with Gasteiger partial charge in [0.15, 0.2) is 0 Å². The monoisotopic (exact) mass is 323 g/mol. The second kappa shape index (κ2) is 7.61. The van der Waals surface area contributed by atoms with Gasteiger partial charge in [0.2, 0.25) is 11.8 Å². The van der Waals surface area contributed by atoms with Gasteiger partial charge in [-0.25, -0.2) is 0 Å². The summed E-state index contributed by atoms with van der Waals surface area (Å²) in [7, 11) is 0. The number of nitrogens with zero attached hydrogens (tertiary/aromatic N) is 1.